The van der Waals surface area contributed by atoms with Gasteiger partial charge in [0.05, 0.1) is 19.8 Å². The van der Waals surface area contributed by atoms with E-state index in [2.05, 4.69) is 10.1 Å². The Morgan fingerprint density at radius 3 is 2.68 bits per heavy atom. The molecule has 1 aromatic carbocycles. The molecule has 22 heavy (non-hydrogen) atoms. The Labute approximate surface area is 128 Å². The topological polar surface area (TPSA) is 77.8 Å². The first kappa shape index (κ1) is 15.6. The number of para-hydroxylation sites is 1. The van der Waals surface area contributed by atoms with Gasteiger partial charge in [0.2, 0.25) is 0 Å². The molecule has 0 spiro atoms. The van der Waals surface area contributed by atoms with Gasteiger partial charge < -0.3 is 19.2 Å². The summed E-state index contributed by atoms with van der Waals surface area (Å²) < 4.78 is 15.3. The van der Waals surface area contributed by atoms with Crippen LogP contribution in [0.25, 0.3) is 0 Å². The number of benzene rings is 1. The number of ether oxygens (including phenoxy) is 2. The van der Waals surface area contributed by atoms with Crippen molar-refractivity contribution in [1.82, 2.24) is 5.32 Å². The molecule has 1 heterocycles. The Morgan fingerprint density at radius 1 is 1.18 bits per heavy atom. The van der Waals surface area contributed by atoms with Crippen LogP contribution in [0.2, 0.25) is 0 Å². The molecule has 0 aliphatic rings. The van der Waals surface area contributed by atoms with Crippen molar-refractivity contribution in [3.05, 3.63) is 54.0 Å². The highest BCUT2D eigenvalue weighted by molar-refractivity contribution is 5.93. The lowest BCUT2D eigenvalue weighted by Gasteiger charge is -2.07. The third-order valence-corrected chi connectivity index (χ3v) is 2.93. The first-order chi connectivity index (χ1) is 10.7. The Morgan fingerprint density at radius 2 is 1.95 bits per heavy atom. The highest BCUT2D eigenvalue weighted by Crippen LogP contribution is 2.15. The molecule has 2 rings (SSSR count). The number of methoxy groups -OCH3 is 1. The lowest BCUT2D eigenvalue weighted by molar-refractivity contribution is -0.140. The molecule has 0 saturated carbocycles. The summed E-state index contributed by atoms with van der Waals surface area (Å²) in [4.78, 5) is 23.0. The fraction of sp³-hybridized carbons (Fsp3) is 0.250. The van der Waals surface area contributed by atoms with Crippen molar-refractivity contribution in [2.45, 2.75) is 13.0 Å². The van der Waals surface area contributed by atoms with E-state index in [0.717, 1.165) is 0 Å². The SMILES string of the molecule is COC(=O)CCNC(=O)c1occc1COc1ccccc1. The van der Waals surface area contributed by atoms with Gasteiger partial charge in [0.15, 0.2) is 5.76 Å². The van der Waals surface area contributed by atoms with Crippen LogP contribution in [-0.2, 0) is 16.1 Å². The summed E-state index contributed by atoms with van der Waals surface area (Å²) in [6.45, 7) is 0.408. The van der Waals surface area contributed by atoms with Crippen molar-refractivity contribution in [2.24, 2.45) is 0 Å². The molecule has 0 saturated heterocycles. The van der Waals surface area contributed by atoms with E-state index >= 15 is 0 Å². The van der Waals surface area contributed by atoms with Gasteiger partial charge in [-0.25, -0.2) is 0 Å². The molecule has 6 heteroatoms. The Bertz CT molecular complexity index is 620. The fourth-order valence-corrected chi connectivity index (χ4v) is 1.79. The van der Waals surface area contributed by atoms with Gasteiger partial charge >= 0.3 is 5.97 Å². The van der Waals surface area contributed by atoms with Gasteiger partial charge in [-0.05, 0) is 18.2 Å². The van der Waals surface area contributed by atoms with Crippen molar-refractivity contribution in [2.75, 3.05) is 13.7 Å². The maximum atomic E-state index is 12.0. The lowest BCUT2D eigenvalue weighted by atomic mass is 10.2. The van der Waals surface area contributed by atoms with Gasteiger partial charge in [-0.3, -0.25) is 9.59 Å². The van der Waals surface area contributed by atoms with Gasteiger partial charge in [-0.15, -0.1) is 0 Å². The number of rotatable bonds is 7. The predicted molar refractivity (Wildman–Crippen MR) is 78.4 cm³/mol. The molecule has 0 fully saturated rings. The van der Waals surface area contributed by atoms with Crippen LogP contribution in [-0.4, -0.2) is 25.5 Å². The fourth-order valence-electron chi connectivity index (χ4n) is 1.79. The number of hydrogen-bond acceptors (Lipinski definition) is 5. The average molecular weight is 303 g/mol. The zero-order valence-corrected chi connectivity index (χ0v) is 12.2. The molecule has 0 aliphatic carbocycles. The van der Waals surface area contributed by atoms with E-state index < -0.39 is 0 Å². The van der Waals surface area contributed by atoms with E-state index in [9.17, 15) is 9.59 Å². The molecular weight excluding hydrogens is 286 g/mol. The van der Waals surface area contributed by atoms with Crippen LogP contribution in [0.3, 0.4) is 0 Å². The number of carbonyl (C=O) groups excluding carboxylic acids is 2. The van der Waals surface area contributed by atoms with Crippen molar-refractivity contribution < 1.29 is 23.5 Å². The van der Waals surface area contributed by atoms with Crippen molar-refractivity contribution in [3.8, 4) is 5.75 Å². The highest BCUT2D eigenvalue weighted by Gasteiger charge is 2.16. The van der Waals surface area contributed by atoms with Crippen molar-refractivity contribution in [1.29, 1.82) is 0 Å². The molecule has 0 atom stereocenters. The van der Waals surface area contributed by atoms with Gasteiger partial charge in [0, 0.05) is 12.1 Å². The molecular formula is C16H17NO5. The molecule has 2 aromatic rings. The maximum absolute atomic E-state index is 12.0. The second-order valence-corrected chi connectivity index (χ2v) is 4.46. The number of nitrogens with one attached hydrogen (secondary N) is 1. The van der Waals surface area contributed by atoms with E-state index in [4.69, 9.17) is 9.15 Å². The monoisotopic (exact) mass is 303 g/mol. The smallest absolute Gasteiger partial charge is 0.307 e. The third kappa shape index (κ3) is 4.37. The number of esters is 1. The minimum atomic E-state index is -0.388. The molecule has 0 bridgehead atoms. The molecule has 0 radical (unpaired) electrons. The summed E-state index contributed by atoms with van der Waals surface area (Å²) >= 11 is 0. The van der Waals surface area contributed by atoms with E-state index in [1.165, 1.54) is 13.4 Å². The van der Waals surface area contributed by atoms with Crippen LogP contribution in [0, 0.1) is 0 Å². The summed E-state index contributed by atoms with van der Waals surface area (Å²) in [6.07, 6.45) is 1.54. The van der Waals surface area contributed by atoms with E-state index in [1.54, 1.807) is 6.07 Å². The summed E-state index contributed by atoms with van der Waals surface area (Å²) in [7, 11) is 1.30. The summed E-state index contributed by atoms with van der Waals surface area (Å²) in [5.74, 6) is 0.120. The van der Waals surface area contributed by atoms with Gasteiger partial charge in [0.25, 0.3) is 5.91 Å². The average Bonchev–Trinajstić information content (AvgIpc) is 3.02. The van der Waals surface area contributed by atoms with Crippen LogP contribution >= 0.6 is 0 Å². The number of carbonyl (C=O) groups is 2. The van der Waals surface area contributed by atoms with Crippen LogP contribution in [0.15, 0.2) is 47.1 Å². The number of amides is 1. The van der Waals surface area contributed by atoms with Crippen molar-refractivity contribution in [3.63, 3.8) is 0 Å². The molecule has 0 aliphatic heterocycles. The van der Waals surface area contributed by atoms with E-state index in [-0.39, 0.29) is 37.2 Å². The summed E-state index contributed by atoms with van der Waals surface area (Å²) in [5, 5.41) is 2.60. The van der Waals surface area contributed by atoms with Crippen LogP contribution < -0.4 is 10.1 Å². The lowest BCUT2D eigenvalue weighted by Crippen LogP contribution is -2.26. The zero-order valence-electron chi connectivity index (χ0n) is 12.2. The molecule has 1 amide bonds. The minimum absolute atomic E-state index is 0.110. The standard InChI is InChI=1S/C16H17NO5/c1-20-14(18)7-9-17-16(19)15-12(8-10-21-15)11-22-13-5-3-2-4-6-13/h2-6,8,10H,7,9,11H2,1H3,(H,17,19). The molecule has 116 valence electrons. The normalized spacial score (nSPS) is 10.0. The summed E-state index contributed by atoms with van der Waals surface area (Å²) in [5.41, 5.74) is 0.638. The second kappa shape index (κ2) is 7.87. The molecule has 1 aromatic heterocycles. The van der Waals surface area contributed by atoms with Crippen molar-refractivity contribution >= 4 is 11.9 Å². The predicted octanol–water partition coefficient (Wildman–Crippen LogP) is 2.15. The Kier molecular flexibility index (Phi) is 5.59. The van der Waals surface area contributed by atoms with E-state index in [0.29, 0.717) is 11.3 Å². The van der Waals surface area contributed by atoms with Crippen LogP contribution in [0.4, 0.5) is 0 Å². The van der Waals surface area contributed by atoms with Gasteiger partial charge in [0.1, 0.15) is 12.4 Å². The Balaban J connectivity index is 1.88. The highest BCUT2D eigenvalue weighted by atomic mass is 16.5. The summed E-state index contributed by atoms with van der Waals surface area (Å²) in [6, 6.07) is 11.0. The zero-order chi connectivity index (χ0) is 15.8. The first-order valence-electron chi connectivity index (χ1n) is 6.80. The van der Waals surface area contributed by atoms with Crippen LogP contribution in [0.1, 0.15) is 22.5 Å². The van der Waals surface area contributed by atoms with Gasteiger partial charge in [-0.1, -0.05) is 18.2 Å². The Hall–Kier alpha value is -2.76. The largest absolute Gasteiger partial charge is 0.489 e. The first-order valence-corrected chi connectivity index (χ1v) is 6.80. The third-order valence-electron chi connectivity index (χ3n) is 2.93. The molecule has 0 unspecified atom stereocenters. The maximum Gasteiger partial charge on any atom is 0.307 e. The van der Waals surface area contributed by atoms with Gasteiger partial charge in [-0.2, -0.15) is 0 Å². The number of hydrogen-bond donors (Lipinski definition) is 1. The van der Waals surface area contributed by atoms with Crippen LogP contribution in [0.5, 0.6) is 5.75 Å². The minimum Gasteiger partial charge on any atom is -0.489 e. The molecule has 6 nitrogen and oxygen atoms in total. The second-order valence-electron chi connectivity index (χ2n) is 4.46. The quantitative estimate of drug-likeness (QED) is 0.793. The number of furan rings is 1. The molecule has 1 N–H and O–H groups in total. The van der Waals surface area contributed by atoms with E-state index in [1.807, 2.05) is 30.3 Å².